The molecule has 5 heteroatoms. The van der Waals surface area contributed by atoms with E-state index in [9.17, 15) is 8.42 Å². The van der Waals surface area contributed by atoms with Gasteiger partial charge in [0.1, 0.15) is 5.75 Å². The average molecular weight is 299 g/mol. The van der Waals surface area contributed by atoms with Gasteiger partial charge in [-0.15, -0.1) is 0 Å². The van der Waals surface area contributed by atoms with E-state index < -0.39 is 9.84 Å². The van der Waals surface area contributed by atoms with Crippen LogP contribution in [0.25, 0.3) is 0 Å². The van der Waals surface area contributed by atoms with E-state index >= 15 is 0 Å². The van der Waals surface area contributed by atoms with Gasteiger partial charge in [0.25, 0.3) is 0 Å². The van der Waals surface area contributed by atoms with Crippen LogP contribution in [0.5, 0.6) is 5.75 Å². The number of hydrogen-bond acceptors (Lipinski definition) is 4. The largest absolute Gasteiger partial charge is 0.496 e. The molecule has 0 radical (unpaired) electrons. The number of nitrogens with one attached hydrogen (secondary N) is 1. The maximum atomic E-state index is 11.6. The van der Waals surface area contributed by atoms with Crippen LogP contribution >= 0.6 is 0 Å². The normalized spacial score (nSPS) is 14.8. The van der Waals surface area contributed by atoms with Crippen LogP contribution in [0.4, 0.5) is 0 Å². The summed E-state index contributed by atoms with van der Waals surface area (Å²) in [4.78, 5) is 0. The molecule has 1 N–H and O–H groups in total. The van der Waals surface area contributed by atoms with Crippen LogP contribution in [0.2, 0.25) is 0 Å². The Morgan fingerprint density at radius 1 is 1.30 bits per heavy atom. The third-order valence-corrected chi connectivity index (χ3v) is 5.22. The first kappa shape index (κ1) is 17.0. The SMILES string of the molecule is CCS(=O)(=O)CC(C)NC(C)c1cc(C)ccc1OC. The molecule has 0 aliphatic heterocycles. The number of rotatable bonds is 7. The molecule has 114 valence electrons. The number of sulfone groups is 1. The van der Waals surface area contributed by atoms with Gasteiger partial charge >= 0.3 is 0 Å². The molecule has 0 aliphatic carbocycles. The summed E-state index contributed by atoms with van der Waals surface area (Å²) in [6.45, 7) is 7.62. The van der Waals surface area contributed by atoms with Crippen molar-refractivity contribution in [1.82, 2.24) is 5.32 Å². The van der Waals surface area contributed by atoms with Gasteiger partial charge in [-0.25, -0.2) is 8.42 Å². The van der Waals surface area contributed by atoms with E-state index in [0.29, 0.717) is 0 Å². The molecule has 0 fully saturated rings. The Bertz CT molecular complexity index is 540. The molecule has 2 unspecified atom stereocenters. The van der Waals surface area contributed by atoms with Gasteiger partial charge in [-0.2, -0.15) is 0 Å². The molecular formula is C15H25NO3S. The minimum absolute atomic E-state index is 0.0342. The molecular weight excluding hydrogens is 274 g/mol. The highest BCUT2D eigenvalue weighted by Crippen LogP contribution is 2.26. The predicted octanol–water partition coefficient (Wildman–Crippen LogP) is 2.48. The Hall–Kier alpha value is -1.07. The lowest BCUT2D eigenvalue weighted by molar-refractivity contribution is 0.397. The molecule has 0 spiro atoms. The summed E-state index contributed by atoms with van der Waals surface area (Å²) in [5.74, 6) is 1.16. The minimum Gasteiger partial charge on any atom is -0.496 e. The van der Waals surface area contributed by atoms with Crippen molar-refractivity contribution in [3.63, 3.8) is 0 Å². The van der Waals surface area contributed by atoms with Crippen molar-refractivity contribution in [3.8, 4) is 5.75 Å². The van der Waals surface area contributed by atoms with Gasteiger partial charge in [0, 0.05) is 23.4 Å². The van der Waals surface area contributed by atoms with E-state index in [1.165, 1.54) is 0 Å². The standard InChI is InChI=1S/C15H25NO3S/c1-6-20(17,18)10-12(3)16-13(4)14-9-11(2)7-8-15(14)19-5/h7-9,12-13,16H,6,10H2,1-5H3. The smallest absolute Gasteiger partial charge is 0.151 e. The third-order valence-electron chi connectivity index (χ3n) is 3.33. The van der Waals surface area contributed by atoms with Crippen LogP contribution in [0.1, 0.15) is 37.9 Å². The Balaban J connectivity index is 2.81. The Morgan fingerprint density at radius 3 is 2.50 bits per heavy atom. The number of ether oxygens (including phenoxy) is 1. The summed E-state index contributed by atoms with van der Waals surface area (Å²) in [7, 11) is -1.32. The molecule has 0 aliphatic rings. The Morgan fingerprint density at radius 2 is 1.95 bits per heavy atom. The maximum absolute atomic E-state index is 11.6. The van der Waals surface area contributed by atoms with E-state index in [-0.39, 0.29) is 23.6 Å². The summed E-state index contributed by atoms with van der Waals surface area (Å²) in [5, 5.41) is 3.33. The van der Waals surface area contributed by atoms with Crippen LogP contribution in [0, 0.1) is 6.92 Å². The molecule has 2 atom stereocenters. The second-order valence-electron chi connectivity index (χ2n) is 5.23. The highest BCUT2D eigenvalue weighted by molar-refractivity contribution is 7.91. The summed E-state index contributed by atoms with van der Waals surface area (Å²) in [6.07, 6.45) is 0. The van der Waals surface area contributed by atoms with Crippen molar-refractivity contribution in [2.45, 2.75) is 39.8 Å². The van der Waals surface area contributed by atoms with Crippen molar-refractivity contribution in [3.05, 3.63) is 29.3 Å². The fourth-order valence-electron chi connectivity index (χ4n) is 2.26. The topological polar surface area (TPSA) is 55.4 Å². The molecule has 1 aromatic carbocycles. The van der Waals surface area contributed by atoms with E-state index in [0.717, 1.165) is 16.9 Å². The van der Waals surface area contributed by atoms with E-state index in [1.807, 2.05) is 32.9 Å². The second-order valence-corrected chi connectivity index (χ2v) is 7.63. The van der Waals surface area contributed by atoms with Gasteiger partial charge in [0.2, 0.25) is 0 Å². The van der Waals surface area contributed by atoms with Gasteiger partial charge in [0.05, 0.1) is 12.9 Å². The zero-order valence-corrected chi connectivity index (χ0v) is 13.8. The fourth-order valence-corrected chi connectivity index (χ4v) is 3.35. The lowest BCUT2D eigenvalue weighted by Gasteiger charge is -2.22. The van der Waals surface area contributed by atoms with Crippen LogP contribution in [0.3, 0.4) is 0 Å². The average Bonchev–Trinajstić information content (AvgIpc) is 2.37. The van der Waals surface area contributed by atoms with Gasteiger partial charge in [-0.3, -0.25) is 0 Å². The van der Waals surface area contributed by atoms with Crippen molar-refractivity contribution in [2.75, 3.05) is 18.6 Å². The lowest BCUT2D eigenvalue weighted by atomic mass is 10.0. The lowest BCUT2D eigenvalue weighted by Crippen LogP contribution is -2.35. The minimum atomic E-state index is -2.96. The number of hydrogen-bond donors (Lipinski definition) is 1. The molecule has 0 amide bonds. The molecule has 0 saturated carbocycles. The van der Waals surface area contributed by atoms with Crippen LogP contribution in [0.15, 0.2) is 18.2 Å². The third kappa shape index (κ3) is 4.80. The molecule has 0 saturated heterocycles. The molecule has 0 heterocycles. The summed E-state index contributed by atoms with van der Waals surface area (Å²) in [5.41, 5.74) is 2.21. The van der Waals surface area contributed by atoms with Gasteiger partial charge < -0.3 is 10.1 Å². The summed E-state index contributed by atoms with van der Waals surface area (Å²) < 4.78 is 28.6. The molecule has 4 nitrogen and oxygen atoms in total. The van der Waals surface area contributed by atoms with E-state index in [4.69, 9.17) is 4.74 Å². The van der Waals surface area contributed by atoms with Crippen LogP contribution < -0.4 is 10.1 Å². The van der Waals surface area contributed by atoms with Gasteiger partial charge in [0.15, 0.2) is 9.84 Å². The number of aryl methyl sites for hydroxylation is 1. The quantitative estimate of drug-likeness (QED) is 0.840. The molecule has 1 aromatic rings. The fraction of sp³-hybridized carbons (Fsp3) is 0.600. The molecule has 0 aromatic heterocycles. The molecule has 20 heavy (non-hydrogen) atoms. The van der Waals surface area contributed by atoms with Crippen molar-refractivity contribution in [2.24, 2.45) is 0 Å². The highest BCUT2D eigenvalue weighted by Gasteiger charge is 2.18. The first-order valence-corrected chi connectivity index (χ1v) is 8.72. The molecule has 1 rings (SSSR count). The van der Waals surface area contributed by atoms with Crippen molar-refractivity contribution in [1.29, 1.82) is 0 Å². The second kappa shape index (κ2) is 7.09. The monoisotopic (exact) mass is 299 g/mol. The Labute approximate surface area is 122 Å². The van der Waals surface area contributed by atoms with Gasteiger partial charge in [-0.05, 0) is 26.8 Å². The van der Waals surface area contributed by atoms with E-state index in [2.05, 4.69) is 11.4 Å². The Kier molecular flexibility index (Phi) is 6.02. The first-order chi connectivity index (χ1) is 9.29. The van der Waals surface area contributed by atoms with Gasteiger partial charge in [-0.1, -0.05) is 24.6 Å². The number of benzene rings is 1. The maximum Gasteiger partial charge on any atom is 0.151 e. The molecule has 0 bridgehead atoms. The van der Waals surface area contributed by atoms with Crippen molar-refractivity contribution >= 4 is 9.84 Å². The highest BCUT2D eigenvalue weighted by atomic mass is 32.2. The van der Waals surface area contributed by atoms with Crippen LogP contribution in [-0.2, 0) is 9.84 Å². The summed E-state index contributed by atoms with van der Waals surface area (Å²) >= 11 is 0. The van der Waals surface area contributed by atoms with Crippen molar-refractivity contribution < 1.29 is 13.2 Å². The zero-order chi connectivity index (χ0) is 15.3. The number of methoxy groups -OCH3 is 1. The van der Waals surface area contributed by atoms with Crippen LogP contribution in [-0.4, -0.2) is 33.1 Å². The summed E-state index contributed by atoms with van der Waals surface area (Å²) in [6, 6.07) is 5.94. The van der Waals surface area contributed by atoms with E-state index in [1.54, 1.807) is 14.0 Å². The first-order valence-electron chi connectivity index (χ1n) is 6.90. The predicted molar refractivity (Wildman–Crippen MR) is 83.1 cm³/mol. The zero-order valence-electron chi connectivity index (χ0n) is 12.9.